The van der Waals surface area contributed by atoms with E-state index in [-0.39, 0.29) is 5.91 Å². The lowest BCUT2D eigenvalue weighted by Crippen LogP contribution is -2.35. The van der Waals surface area contributed by atoms with Crippen molar-refractivity contribution in [1.29, 1.82) is 0 Å². The lowest BCUT2D eigenvalue weighted by molar-refractivity contribution is -0.117. The summed E-state index contributed by atoms with van der Waals surface area (Å²) in [6.07, 6.45) is 5.03. The fourth-order valence-electron chi connectivity index (χ4n) is 1.84. The number of amides is 1. The SMILES string of the molecule is CCCC(N)C(=O)Nc1cccc(-c2ncc[nH]2)c1. The van der Waals surface area contributed by atoms with Crippen LogP contribution in [0.2, 0.25) is 0 Å². The van der Waals surface area contributed by atoms with Gasteiger partial charge in [0, 0.05) is 23.6 Å². The molecule has 0 aliphatic rings. The van der Waals surface area contributed by atoms with E-state index in [1.807, 2.05) is 31.2 Å². The minimum Gasteiger partial charge on any atom is -0.345 e. The van der Waals surface area contributed by atoms with Crippen LogP contribution in [0, 0.1) is 0 Å². The Morgan fingerprint density at radius 1 is 1.53 bits per heavy atom. The highest BCUT2D eigenvalue weighted by Gasteiger charge is 2.12. The number of anilines is 1. The standard InChI is InChI=1S/C14H18N4O/c1-2-4-12(15)14(19)18-11-6-3-5-10(9-11)13-16-7-8-17-13/h3,5-9,12H,2,4,15H2,1H3,(H,16,17)(H,18,19). The molecule has 0 radical (unpaired) electrons. The van der Waals surface area contributed by atoms with Crippen molar-refractivity contribution < 1.29 is 4.79 Å². The molecule has 2 rings (SSSR count). The molecule has 0 fully saturated rings. The molecule has 0 saturated heterocycles. The number of aromatic amines is 1. The number of nitrogens with zero attached hydrogens (tertiary/aromatic N) is 1. The number of carbonyl (C=O) groups excluding carboxylic acids is 1. The van der Waals surface area contributed by atoms with E-state index < -0.39 is 6.04 Å². The van der Waals surface area contributed by atoms with Gasteiger partial charge < -0.3 is 16.0 Å². The second kappa shape index (κ2) is 6.15. The highest BCUT2D eigenvalue weighted by molar-refractivity contribution is 5.95. The highest BCUT2D eigenvalue weighted by Crippen LogP contribution is 2.19. The summed E-state index contributed by atoms with van der Waals surface area (Å²) >= 11 is 0. The van der Waals surface area contributed by atoms with Crippen molar-refractivity contribution in [1.82, 2.24) is 9.97 Å². The molecule has 0 saturated carbocycles. The number of rotatable bonds is 5. The molecule has 0 aliphatic carbocycles. The predicted octanol–water partition coefficient (Wildman–Crippen LogP) is 2.14. The van der Waals surface area contributed by atoms with Crippen LogP contribution in [-0.4, -0.2) is 21.9 Å². The van der Waals surface area contributed by atoms with Gasteiger partial charge in [0.15, 0.2) is 0 Å². The zero-order chi connectivity index (χ0) is 13.7. The first-order valence-electron chi connectivity index (χ1n) is 6.37. The van der Waals surface area contributed by atoms with Crippen LogP contribution in [0.15, 0.2) is 36.7 Å². The molecule has 2 aromatic rings. The third kappa shape index (κ3) is 3.42. The number of hydrogen-bond acceptors (Lipinski definition) is 3. The average Bonchev–Trinajstić information content (AvgIpc) is 2.93. The van der Waals surface area contributed by atoms with Crippen molar-refractivity contribution >= 4 is 11.6 Å². The molecule has 0 spiro atoms. The molecule has 19 heavy (non-hydrogen) atoms. The number of H-pyrrole nitrogens is 1. The number of benzene rings is 1. The third-order valence-corrected chi connectivity index (χ3v) is 2.84. The highest BCUT2D eigenvalue weighted by atomic mass is 16.2. The Labute approximate surface area is 112 Å². The van der Waals surface area contributed by atoms with E-state index in [0.717, 1.165) is 23.5 Å². The minimum absolute atomic E-state index is 0.154. The molecule has 1 aromatic heterocycles. The van der Waals surface area contributed by atoms with E-state index in [0.29, 0.717) is 6.42 Å². The second-order valence-electron chi connectivity index (χ2n) is 4.40. The Hall–Kier alpha value is -2.14. The summed E-state index contributed by atoms with van der Waals surface area (Å²) in [5, 5.41) is 2.82. The summed E-state index contributed by atoms with van der Waals surface area (Å²) in [6, 6.07) is 7.05. The van der Waals surface area contributed by atoms with Gasteiger partial charge in [0.25, 0.3) is 0 Å². The van der Waals surface area contributed by atoms with Crippen molar-refractivity contribution in [3.05, 3.63) is 36.7 Å². The van der Waals surface area contributed by atoms with Gasteiger partial charge in [-0.05, 0) is 18.6 Å². The van der Waals surface area contributed by atoms with E-state index in [4.69, 9.17) is 5.73 Å². The monoisotopic (exact) mass is 258 g/mol. The van der Waals surface area contributed by atoms with Crippen molar-refractivity contribution in [3.63, 3.8) is 0 Å². The van der Waals surface area contributed by atoms with Crippen LogP contribution < -0.4 is 11.1 Å². The smallest absolute Gasteiger partial charge is 0.241 e. The zero-order valence-corrected chi connectivity index (χ0v) is 10.9. The maximum absolute atomic E-state index is 11.8. The summed E-state index contributed by atoms with van der Waals surface area (Å²) in [4.78, 5) is 19.0. The van der Waals surface area contributed by atoms with E-state index in [1.165, 1.54) is 0 Å². The van der Waals surface area contributed by atoms with Crippen LogP contribution in [0.3, 0.4) is 0 Å². The van der Waals surface area contributed by atoms with Gasteiger partial charge in [0.2, 0.25) is 5.91 Å². The van der Waals surface area contributed by atoms with Gasteiger partial charge >= 0.3 is 0 Å². The van der Waals surface area contributed by atoms with Gasteiger partial charge in [-0.25, -0.2) is 4.98 Å². The molecule has 100 valence electrons. The molecular formula is C14H18N4O. The van der Waals surface area contributed by atoms with Gasteiger partial charge in [0.1, 0.15) is 5.82 Å². The van der Waals surface area contributed by atoms with Crippen LogP contribution in [-0.2, 0) is 4.79 Å². The largest absolute Gasteiger partial charge is 0.345 e. The molecule has 5 nitrogen and oxygen atoms in total. The molecular weight excluding hydrogens is 240 g/mol. The molecule has 0 bridgehead atoms. The number of nitrogens with one attached hydrogen (secondary N) is 2. The quantitative estimate of drug-likeness (QED) is 0.768. The first-order chi connectivity index (χ1) is 9.20. The van der Waals surface area contributed by atoms with E-state index in [9.17, 15) is 4.79 Å². The van der Waals surface area contributed by atoms with Crippen LogP contribution in [0.4, 0.5) is 5.69 Å². The van der Waals surface area contributed by atoms with Crippen molar-refractivity contribution in [3.8, 4) is 11.4 Å². The number of hydrogen-bond donors (Lipinski definition) is 3. The predicted molar refractivity (Wildman–Crippen MR) is 75.5 cm³/mol. The summed E-state index contributed by atoms with van der Waals surface area (Å²) in [5.74, 6) is 0.618. The second-order valence-corrected chi connectivity index (χ2v) is 4.40. The van der Waals surface area contributed by atoms with Crippen LogP contribution in [0.25, 0.3) is 11.4 Å². The molecule has 5 heteroatoms. The molecule has 1 atom stereocenters. The fourth-order valence-corrected chi connectivity index (χ4v) is 1.84. The number of aromatic nitrogens is 2. The Morgan fingerprint density at radius 2 is 2.37 bits per heavy atom. The zero-order valence-electron chi connectivity index (χ0n) is 10.9. The van der Waals surface area contributed by atoms with E-state index in [1.54, 1.807) is 12.4 Å². The van der Waals surface area contributed by atoms with Crippen LogP contribution in [0.5, 0.6) is 0 Å². The van der Waals surface area contributed by atoms with Gasteiger partial charge in [-0.3, -0.25) is 4.79 Å². The fraction of sp³-hybridized carbons (Fsp3) is 0.286. The third-order valence-electron chi connectivity index (χ3n) is 2.84. The Balaban J connectivity index is 2.09. The van der Waals surface area contributed by atoms with Gasteiger partial charge in [-0.15, -0.1) is 0 Å². The normalized spacial score (nSPS) is 12.1. The first kappa shape index (κ1) is 13.3. The summed E-state index contributed by atoms with van der Waals surface area (Å²) in [7, 11) is 0. The number of imidazole rings is 1. The average molecular weight is 258 g/mol. The molecule has 4 N–H and O–H groups in total. The van der Waals surface area contributed by atoms with Crippen molar-refractivity contribution in [2.45, 2.75) is 25.8 Å². The summed E-state index contributed by atoms with van der Waals surface area (Å²) < 4.78 is 0. The molecule has 1 amide bonds. The molecule has 1 aromatic carbocycles. The minimum atomic E-state index is -0.461. The van der Waals surface area contributed by atoms with Gasteiger partial charge in [0.05, 0.1) is 6.04 Å². The van der Waals surface area contributed by atoms with Crippen LogP contribution >= 0.6 is 0 Å². The maximum atomic E-state index is 11.8. The Bertz CT molecular complexity index is 536. The first-order valence-corrected chi connectivity index (χ1v) is 6.37. The topological polar surface area (TPSA) is 83.8 Å². The van der Waals surface area contributed by atoms with Gasteiger partial charge in [-0.2, -0.15) is 0 Å². The molecule has 1 heterocycles. The number of carbonyl (C=O) groups is 1. The summed E-state index contributed by atoms with van der Waals surface area (Å²) in [5.41, 5.74) is 7.43. The maximum Gasteiger partial charge on any atom is 0.241 e. The van der Waals surface area contributed by atoms with Gasteiger partial charge in [-0.1, -0.05) is 25.5 Å². The van der Waals surface area contributed by atoms with Crippen LogP contribution in [0.1, 0.15) is 19.8 Å². The van der Waals surface area contributed by atoms with E-state index >= 15 is 0 Å². The van der Waals surface area contributed by atoms with Crippen molar-refractivity contribution in [2.75, 3.05) is 5.32 Å². The number of nitrogens with two attached hydrogens (primary N) is 1. The lowest BCUT2D eigenvalue weighted by Gasteiger charge is -2.11. The molecule has 0 aliphatic heterocycles. The van der Waals surface area contributed by atoms with E-state index in [2.05, 4.69) is 15.3 Å². The summed E-state index contributed by atoms with van der Waals surface area (Å²) in [6.45, 7) is 2.00. The lowest BCUT2D eigenvalue weighted by atomic mass is 10.1. The molecule has 1 unspecified atom stereocenters. The Morgan fingerprint density at radius 3 is 3.05 bits per heavy atom. The van der Waals surface area contributed by atoms with Crippen molar-refractivity contribution in [2.24, 2.45) is 5.73 Å². The Kier molecular flexibility index (Phi) is 4.30.